The third-order valence-electron chi connectivity index (χ3n) is 6.26. The van der Waals surface area contributed by atoms with Crippen LogP contribution in [0.15, 0.2) is 41.2 Å². The van der Waals surface area contributed by atoms with Gasteiger partial charge in [0.05, 0.1) is 12.6 Å². The number of carbonyl (C=O) groups is 1. The molecule has 2 heterocycles. The van der Waals surface area contributed by atoms with Gasteiger partial charge in [0, 0.05) is 36.1 Å². The Balaban J connectivity index is 1.54. The van der Waals surface area contributed by atoms with Crippen LogP contribution in [0.4, 0.5) is 5.82 Å². The molecule has 1 aromatic heterocycles. The van der Waals surface area contributed by atoms with Gasteiger partial charge in [-0.2, -0.15) is 5.10 Å². The zero-order valence-corrected chi connectivity index (χ0v) is 17.1. The first-order valence-corrected chi connectivity index (χ1v) is 10.5. The van der Waals surface area contributed by atoms with Crippen LogP contribution in [0.1, 0.15) is 37.3 Å². The molecule has 1 saturated carbocycles. The van der Waals surface area contributed by atoms with Crippen molar-refractivity contribution in [1.82, 2.24) is 15.1 Å². The summed E-state index contributed by atoms with van der Waals surface area (Å²) in [6.07, 6.45) is 3.39. The van der Waals surface area contributed by atoms with E-state index in [1.54, 1.807) is 16.8 Å². The van der Waals surface area contributed by atoms with Crippen LogP contribution >= 0.6 is 11.6 Å². The van der Waals surface area contributed by atoms with E-state index in [1.807, 2.05) is 23.1 Å². The quantitative estimate of drug-likeness (QED) is 0.794. The van der Waals surface area contributed by atoms with Crippen molar-refractivity contribution >= 4 is 23.3 Å². The molecule has 1 aliphatic carbocycles. The van der Waals surface area contributed by atoms with Crippen molar-refractivity contribution in [3.05, 3.63) is 57.3 Å². The van der Waals surface area contributed by atoms with Gasteiger partial charge in [-0.15, -0.1) is 0 Å². The minimum Gasteiger partial charge on any atom is -0.353 e. The molecule has 0 bridgehead atoms. The third kappa shape index (κ3) is 4.02. The highest BCUT2D eigenvalue weighted by molar-refractivity contribution is 6.30. The van der Waals surface area contributed by atoms with Crippen LogP contribution in [-0.4, -0.2) is 41.9 Å². The number of anilines is 1. The van der Waals surface area contributed by atoms with Gasteiger partial charge in [0.15, 0.2) is 0 Å². The monoisotopic (exact) mass is 415 g/mol. The Hall–Kier alpha value is -2.38. The Morgan fingerprint density at radius 3 is 2.69 bits per heavy atom. The lowest BCUT2D eigenvalue weighted by molar-refractivity contribution is -0.120. The van der Waals surface area contributed by atoms with E-state index in [2.05, 4.69) is 16.5 Å². The number of hydrogen-bond donors (Lipinski definition) is 2. The lowest BCUT2D eigenvalue weighted by atomic mass is 9.68. The lowest BCUT2D eigenvalue weighted by Crippen LogP contribution is -2.48. The van der Waals surface area contributed by atoms with Crippen LogP contribution in [-0.2, 0) is 10.2 Å². The van der Waals surface area contributed by atoms with E-state index in [4.69, 9.17) is 17.3 Å². The number of nitrogens with one attached hydrogen (secondary N) is 1. The molecular formula is C21H26ClN5O2. The molecule has 154 valence electrons. The van der Waals surface area contributed by atoms with E-state index in [0.717, 1.165) is 25.7 Å². The van der Waals surface area contributed by atoms with Crippen molar-refractivity contribution in [3.63, 3.8) is 0 Å². The number of halogens is 1. The van der Waals surface area contributed by atoms with Crippen LogP contribution in [0, 0.1) is 0 Å². The average molecular weight is 416 g/mol. The number of hydrogen-bond acceptors (Lipinski definition) is 5. The van der Waals surface area contributed by atoms with E-state index in [-0.39, 0.29) is 29.5 Å². The fourth-order valence-corrected chi connectivity index (χ4v) is 4.70. The lowest BCUT2D eigenvalue weighted by Gasteiger charge is -2.40. The molecule has 1 aromatic carbocycles. The molecule has 8 heteroatoms. The Morgan fingerprint density at radius 2 is 2.00 bits per heavy atom. The maximum atomic E-state index is 12.5. The third-order valence-corrected chi connectivity index (χ3v) is 6.49. The maximum absolute atomic E-state index is 12.5. The summed E-state index contributed by atoms with van der Waals surface area (Å²) in [4.78, 5) is 26.1. The summed E-state index contributed by atoms with van der Waals surface area (Å²) >= 11 is 6.20. The van der Waals surface area contributed by atoms with Crippen molar-refractivity contribution in [2.24, 2.45) is 5.73 Å². The molecule has 29 heavy (non-hydrogen) atoms. The van der Waals surface area contributed by atoms with E-state index < -0.39 is 0 Å². The number of amides is 1. The Kier molecular flexibility index (Phi) is 5.61. The molecule has 7 nitrogen and oxygen atoms in total. The molecule has 1 saturated heterocycles. The fraction of sp³-hybridized carbons (Fsp3) is 0.476. The van der Waals surface area contributed by atoms with Gasteiger partial charge in [0.2, 0.25) is 5.91 Å². The van der Waals surface area contributed by atoms with Crippen molar-refractivity contribution in [2.45, 2.75) is 37.1 Å². The second-order valence-corrected chi connectivity index (χ2v) is 8.41. The highest BCUT2D eigenvalue weighted by atomic mass is 35.5. The Morgan fingerprint density at radius 1 is 1.21 bits per heavy atom. The molecule has 4 rings (SSSR count). The Bertz CT molecular complexity index is 952. The molecule has 2 aliphatic rings. The summed E-state index contributed by atoms with van der Waals surface area (Å²) in [6, 6.07) is 11.2. The number of piperazine rings is 1. The number of carbonyl (C=O) groups excluding carboxylic acids is 1. The van der Waals surface area contributed by atoms with Gasteiger partial charge in [-0.05, 0) is 49.4 Å². The largest absolute Gasteiger partial charge is 0.353 e. The normalized spacial score (nSPS) is 25.0. The molecule has 2 fully saturated rings. The van der Waals surface area contributed by atoms with Crippen molar-refractivity contribution in [2.75, 3.05) is 31.1 Å². The van der Waals surface area contributed by atoms with Crippen molar-refractivity contribution in [1.29, 1.82) is 0 Å². The number of benzene rings is 1. The zero-order valence-electron chi connectivity index (χ0n) is 16.3. The van der Waals surface area contributed by atoms with Crippen LogP contribution in [0.25, 0.3) is 0 Å². The summed E-state index contributed by atoms with van der Waals surface area (Å²) < 4.78 is 1.60. The summed E-state index contributed by atoms with van der Waals surface area (Å²) in [5, 5.41) is 8.14. The van der Waals surface area contributed by atoms with Crippen LogP contribution in [0.5, 0.6) is 0 Å². The first kappa shape index (κ1) is 19.9. The highest BCUT2D eigenvalue weighted by Crippen LogP contribution is 2.42. The molecule has 0 unspecified atom stereocenters. The number of aromatic nitrogens is 2. The van der Waals surface area contributed by atoms with E-state index in [0.29, 0.717) is 30.5 Å². The molecule has 1 aliphatic heterocycles. The van der Waals surface area contributed by atoms with Crippen molar-refractivity contribution in [3.8, 4) is 0 Å². The number of rotatable bonds is 4. The minimum atomic E-state index is -0.117. The second-order valence-electron chi connectivity index (χ2n) is 7.97. The zero-order chi connectivity index (χ0) is 20.4. The Labute approximate surface area is 174 Å². The first-order chi connectivity index (χ1) is 14.0. The summed E-state index contributed by atoms with van der Waals surface area (Å²) in [5.74, 6) is 0.646. The first-order valence-electron chi connectivity index (χ1n) is 10.1. The van der Waals surface area contributed by atoms with E-state index >= 15 is 0 Å². The van der Waals surface area contributed by atoms with Gasteiger partial charge in [-0.25, -0.2) is 4.68 Å². The minimum absolute atomic E-state index is 0.0253. The summed E-state index contributed by atoms with van der Waals surface area (Å²) in [6.45, 7) is 2.08. The standard InChI is InChI=1S/C21H26ClN5O2/c22-16-3-1-2-15(12-16)21(14-23)8-6-17(7-9-21)27-20(29)5-4-18(25-27)26-11-10-24-19(28)13-26/h1-5,12,17H,6-11,13-14,23H2,(H,24,28). The topological polar surface area (TPSA) is 93.2 Å². The molecule has 0 atom stereocenters. The average Bonchev–Trinajstić information content (AvgIpc) is 2.74. The molecule has 2 aromatic rings. The SMILES string of the molecule is NCC1(c2cccc(Cl)c2)CCC(n2nc(N3CCNC(=O)C3)ccc2=O)CC1. The number of nitrogens with two attached hydrogens (primary N) is 1. The van der Waals surface area contributed by atoms with Crippen LogP contribution < -0.4 is 21.5 Å². The van der Waals surface area contributed by atoms with E-state index in [1.165, 1.54) is 5.56 Å². The van der Waals surface area contributed by atoms with E-state index in [9.17, 15) is 9.59 Å². The predicted molar refractivity (Wildman–Crippen MR) is 113 cm³/mol. The van der Waals surface area contributed by atoms with Gasteiger partial charge in [-0.3, -0.25) is 9.59 Å². The van der Waals surface area contributed by atoms with Gasteiger partial charge < -0.3 is 16.0 Å². The van der Waals surface area contributed by atoms with Crippen molar-refractivity contribution < 1.29 is 4.79 Å². The molecule has 3 N–H and O–H groups in total. The summed E-state index contributed by atoms with van der Waals surface area (Å²) in [7, 11) is 0. The predicted octanol–water partition coefficient (Wildman–Crippen LogP) is 1.84. The maximum Gasteiger partial charge on any atom is 0.267 e. The fourth-order valence-electron chi connectivity index (χ4n) is 4.51. The smallest absolute Gasteiger partial charge is 0.267 e. The van der Waals surface area contributed by atoms with Crippen LogP contribution in [0.2, 0.25) is 5.02 Å². The van der Waals surface area contributed by atoms with Gasteiger partial charge >= 0.3 is 0 Å². The summed E-state index contributed by atoms with van der Waals surface area (Å²) in [5.41, 5.74) is 7.14. The highest BCUT2D eigenvalue weighted by Gasteiger charge is 2.37. The van der Waals surface area contributed by atoms with Gasteiger partial charge in [0.25, 0.3) is 5.56 Å². The molecule has 1 amide bonds. The molecule has 0 radical (unpaired) electrons. The van der Waals surface area contributed by atoms with Gasteiger partial charge in [-0.1, -0.05) is 23.7 Å². The van der Waals surface area contributed by atoms with Gasteiger partial charge in [0.1, 0.15) is 5.82 Å². The molecular weight excluding hydrogens is 390 g/mol. The number of nitrogens with zero attached hydrogens (tertiary/aromatic N) is 3. The second kappa shape index (κ2) is 8.16. The molecule has 0 spiro atoms. The van der Waals surface area contributed by atoms with Crippen LogP contribution in [0.3, 0.4) is 0 Å².